The highest BCUT2D eigenvalue weighted by Crippen LogP contribution is 2.40. The molecule has 1 fully saturated rings. The Morgan fingerprint density at radius 1 is 0.842 bits per heavy atom. The van der Waals surface area contributed by atoms with E-state index in [0.29, 0.717) is 33.8 Å². The van der Waals surface area contributed by atoms with Gasteiger partial charge >= 0.3 is 12.1 Å². The molecule has 4 N–H and O–H groups in total. The number of rotatable bonds is 3. The van der Waals surface area contributed by atoms with Crippen LogP contribution >= 0.6 is 0 Å². The summed E-state index contributed by atoms with van der Waals surface area (Å²) in [7, 11) is 1.47. The van der Waals surface area contributed by atoms with Crippen LogP contribution in [0.5, 0.6) is 5.75 Å². The molecular weight excluding hydrogens is 486 g/mol. The number of benzene rings is 3. The number of carbonyl (C=O) groups excluding carboxylic acids is 4. The molecule has 1 saturated heterocycles. The lowest BCUT2D eigenvalue weighted by molar-refractivity contribution is -0.125. The molecule has 3 aromatic rings. The Morgan fingerprint density at radius 2 is 1.47 bits per heavy atom. The molecule has 2 heterocycles. The van der Waals surface area contributed by atoms with E-state index in [0.717, 1.165) is 0 Å². The third kappa shape index (κ3) is 4.09. The van der Waals surface area contributed by atoms with E-state index in [2.05, 4.69) is 0 Å². The van der Waals surface area contributed by atoms with Crippen molar-refractivity contribution in [2.75, 3.05) is 25.1 Å². The molecule has 0 bridgehead atoms. The van der Waals surface area contributed by atoms with Crippen LogP contribution in [0.15, 0.2) is 72.8 Å². The van der Waals surface area contributed by atoms with Crippen molar-refractivity contribution in [3.8, 4) is 5.75 Å². The largest absolute Gasteiger partial charge is 0.496 e. The SMILES string of the molecule is COc1ccccc1C1C(C(N)=O)N(C(=O)N2c3ccccc3CC(=O)c3ccccc32)CCN1C(N)=O. The minimum atomic E-state index is -1.27. The third-order valence-electron chi connectivity index (χ3n) is 7.05. The first kappa shape index (κ1) is 24.8. The first-order valence-corrected chi connectivity index (χ1v) is 12.1. The molecule has 0 spiro atoms. The summed E-state index contributed by atoms with van der Waals surface area (Å²) in [6, 6.07) is 17.4. The standard InChI is InChI=1S/C28H27N5O5/c1-38-23-13-7-4-10-19(23)24-25(26(29)35)32(15-14-31(24)27(30)36)28(37)33-20-11-5-2-8-17(20)16-22(34)18-9-3-6-12-21(18)33/h2-13,24-25H,14-16H2,1H3,(H2,29,35)(H2,30,36). The number of hydrogen-bond acceptors (Lipinski definition) is 5. The Balaban J connectivity index is 1.66. The molecule has 10 heteroatoms. The number of ketones is 1. The quantitative estimate of drug-likeness (QED) is 0.554. The molecule has 5 amide bonds. The number of para-hydroxylation sites is 3. The number of methoxy groups -OCH3 is 1. The zero-order chi connectivity index (χ0) is 27.0. The van der Waals surface area contributed by atoms with E-state index in [4.69, 9.17) is 16.2 Å². The molecule has 0 aromatic heterocycles. The maximum absolute atomic E-state index is 14.4. The van der Waals surface area contributed by atoms with Crippen molar-refractivity contribution in [1.82, 2.24) is 9.80 Å². The molecule has 194 valence electrons. The molecular formula is C28H27N5O5. The normalized spacial score (nSPS) is 18.8. The summed E-state index contributed by atoms with van der Waals surface area (Å²) in [5.41, 5.74) is 14.1. The number of piperazine rings is 1. The zero-order valence-corrected chi connectivity index (χ0v) is 20.7. The summed E-state index contributed by atoms with van der Waals surface area (Å²) in [4.78, 5) is 57.2. The maximum atomic E-state index is 14.4. The predicted octanol–water partition coefficient (Wildman–Crippen LogP) is 2.98. The monoisotopic (exact) mass is 513 g/mol. The van der Waals surface area contributed by atoms with Crippen molar-refractivity contribution in [2.24, 2.45) is 11.5 Å². The number of anilines is 2. The van der Waals surface area contributed by atoms with Crippen LogP contribution in [0.4, 0.5) is 21.0 Å². The number of carbonyl (C=O) groups is 4. The van der Waals surface area contributed by atoms with Crippen LogP contribution in [0.2, 0.25) is 0 Å². The van der Waals surface area contributed by atoms with Gasteiger partial charge in [-0.2, -0.15) is 0 Å². The first-order valence-electron chi connectivity index (χ1n) is 12.1. The van der Waals surface area contributed by atoms with E-state index in [1.165, 1.54) is 21.8 Å². The average molecular weight is 514 g/mol. The van der Waals surface area contributed by atoms with Crippen molar-refractivity contribution in [2.45, 2.75) is 18.5 Å². The van der Waals surface area contributed by atoms with Crippen molar-refractivity contribution < 1.29 is 23.9 Å². The number of fused-ring (bicyclic) bond motifs is 2. The van der Waals surface area contributed by atoms with E-state index in [-0.39, 0.29) is 25.3 Å². The van der Waals surface area contributed by atoms with Crippen LogP contribution in [0.25, 0.3) is 0 Å². The summed E-state index contributed by atoms with van der Waals surface area (Å²) in [6.45, 7) is 0.0550. The summed E-state index contributed by atoms with van der Waals surface area (Å²) in [6.07, 6.45) is 0.121. The van der Waals surface area contributed by atoms with Gasteiger partial charge in [0.15, 0.2) is 5.78 Å². The van der Waals surface area contributed by atoms with Crippen LogP contribution in [0.3, 0.4) is 0 Å². The van der Waals surface area contributed by atoms with E-state index in [1.54, 1.807) is 72.8 Å². The minimum Gasteiger partial charge on any atom is -0.496 e. The van der Waals surface area contributed by atoms with Gasteiger partial charge in [0, 0.05) is 30.6 Å². The lowest BCUT2D eigenvalue weighted by Gasteiger charge is -2.47. The zero-order valence-electron chi connectivity index (χ0n) is 20.7. The Hall–Kier alpha value is -4.86. The summed E-state index contributed by atoms with van der Waals surface area (Å²) in [5.74, 6) is -0.520. The van der Waals surface area contributed by atoms with Crippen LogP contribution in [0, 0.1) is 0 Å². The fraction of sp³-hybridized carbons (Fsp3) is 0.214. The van der Waals surface area contributed by atoms with E-state index < -0.39 is 30.1 Å². The number of hydrogen-bond donors (Lipinski definition) is 2. The predicted molar refractivity (Wildman–Crippen MR) is 140 cm³/mol. The summed E-state index contributed by atoms with van der Waals surface area (Å²) in [5, 5.41) is 0. The number of nitrogens with two attached hydrogens (primary N) is 2. The van der Waals surface area contributed by atoms with Gasteiger partial charge in [0.2, 0.25) is 5.91 Å². The highest BCUT2D eigenvalue weighted by Gasteiger charge is 2.47. The molecule has 0 saturated carbocycles. The number of primary amides is 2. The Labute approximate surface area is 219 Å². The van der Waals surface area contributed by atoms with Gasteiger partial charge < -0.3 is 26.0 Å². The summed E-state index contributed by atoms with van der Waals surface area (Å²) < 4.78 is 5.51. The maximum Gasteiger partial charge on any atom is 0.329 e. The van der Waals surface area contributed by atoms with Gasteiger partial charge in [0.25, 0.3) is 0 Å². The Kier molecular flexibility index (Phi) is 6.46. The molecule has 10 nitrogen and oxygen atoms in total. The smallest absolute Gasteiger partial charge is 0.329 e. The lowest BCUT2D eigenvalue weighted by atomic mass is 9.92. The second-order valence-electron chi connectivity index (χ2n) is 9.12. The molecule has 2 aliphatic heterocycles. The molecule has 2 unspecified atom stereocenters. The number of ether oxygens (including phenoxy) is 1. The molecule has 2 aliphatic rings. The topological polar surface area (TPSA) is 139 Å². The van der Waals surface area contributed by atoms with E-state index in [9.17, 15) is 19.2 Å². The van der Waals surface area contributed by atoms with E-state index >= 15 is 0 Å². The average Bonchev–Trinajstić information content (AvgIpc) is 3.05. The van der Waals surface area contributed by atoms with Gasteiger partial charge in [0.05, 0.1) is 24.5 Å². The van der Waals surface area contributed by atoms with Gasteiger partial charge in [0.1, 0.15) is 11.8 Å². The van der Waals surface area contributed by atoms with Gasteiger partial charge in [-0.15, -0.1) is 0 Å². The number of urea groups is 2. The molecule has 0 radical (unpaired) electrons. The second-order valence-corrected chi connectivity index (χ2v) is 9.12. The van der Waals surface area contributed by atoms with Gasteiger partial charge in [-0.05, 0) is 29.8 Å². The fourth-order valence-electron chi connectivity index (χ4n) is 5.37. The van der Waals surface area contributed by atoms with Crippen molar-refractivity contribution >= 4 is 35.1 Å². The molecule has 3 aromatic carbocycles. The highest BCUT2D eigenvalue weighted by molar-refractivity contribution is 6.12. The van der Waals surface area contributed by atoms with Crippen molar-refractivity contribution in [3.05, 3.63) is 89.5 Å². The minimum absolute atomic E-state index is 0.00416. The highest BCUT2D eigenvalue weighted by atomic mass is 16.5. The molecule has 0 aliphatic carbocycles. The number of Topliss-reactive ketones (excluding diaryl/α,β-unsaturated/α-hetero) is 1. The van der Waals surface area contributed by atoms with Crippen molar-refractivity contribution in [3.63, 3.8) is 0 Å². The molecule has 38 heavy (non-hydrogen) atoms. The van der Waals surface area contributed by atoms with Crippen molar-refractivity contribution in [1.29, 1.82) is 0 Å². The van der Waals surface area contributed by atoms with Crippen LogP contribution in [-0.2, 0) is 11.2 Å². The fourth-order valence-corrected chi connectivity index (χ4v) is 5.37. The van der Waals surface area contributed by atoms with Gasteiger partial charge in [-0.3, -0.25) is 14.5 Å². The third-order valence-corrected chi connectivity index (χ3v) is 7.05. The van der Waals surface area contributed by atoms with Crippen LogP contribution in [-0.4, -0.2) is 59.8 Å². The van der Waals surface area contributed by atoms with Gasteiger partial charge in [-0.25, -0.2) is 9.59 Å². The second kappa shape index (κ2) is 9.89. The lowest BCUT2D eigenvalue weighted by Crippen LogP contribution is -2.64. The van der Waals surface area contributed by atoms with Gasteiger partial charge in [-0.1, -0.05) is 48.5 Å². The Morgan fingerprint density at radius 3 is 2.18 bits per heavy atom. The van der Waals surface area contributed by atoms with E-state index in [1.807, 2.05) is 0 Å². The number of amides is 5. The van der Waals surface area contributed by atoms with Crippen LogP contribution in [0.1, 0.15) is 27.5 Å². The first-order chi connectivity index (χ1) is 18.3. The Bertz CT molecular complexity index is 1440. The molecule has 5 rings (SSSR count). The van der Waals surface area contributed by atoms with Crippen LogP contribution < -0.4 is 21.1 Å². The number of nitrogens with zero attached hydrogens (tertiary/aromatic N) is 3. The summed E-state index contributed by atoms with van der Waals surface area (Å²) >= 11 is 0. The molecule has 2 atom stereocenters.